The summed E-state index contributed by atoms with van der Waals surface area (Å²) in [4.78, 5) is 6.42. The lowest BCUT2D eigenvalue weighted by Gasteiger charge is -2.34. The molecule has 1 fully saturated rings. The van der Waals surface area contributed by atoms with Crippen LogP contribution in [-0.2, 0) is 6.18 Å². The van der Waals surface area contributed by atoms with Gasteiger partial charge in [-0.25, -0.2) is 0 Å². The van der Waals surface area contributed by atoms with Gasteiger partial charge in [0.2, 0.25) is 0 Å². The summed E-state index contributed by atoms with van der Waals surface area (Å²) >= 11 is 0. The van der Waals surface area contributed by atoms with E-state index in [1.54, 1.807) is 6.07 Å². The van der Waals surface area contributed by atoms with E-state index in [1.807, 2.05) is 35.4 Å². The Kier molecular flexibility index (Phi) is 5.03. The number of rotatable bonds is 4. The molecule has 4 nitrogen and oxygen atoms in total. The Balaban J connectivity index is 1.38. The Labute approximate surface area is 161 Å². The molecule has 0 amide bonds. The largest absolute Gasteiger partial charge is 0.416 e. The summed E-state index contributed by atoms with van der Waals surface area (Å²) in [7, 11) is 0. The number of hydrogen-bond acceptors (Lipinski definition) is 2. The number of hydrogen-bond donors (Lipinski definition) is 3. The number of aliphatic hydroxyl groups excluding tert-OH is 1. The molecule has 4 rings (SSSR count). The second kappa shape index (κ2) is 7.48. The number of aromatic nitrogens is 1. The molecule has 148 valence electrons. The summed E-state index contributed by atoms with van der Waals surface area (Å²) in [6.07, 6.45) is -3.05. The van der Waals surface area contributed by atoms with E-state index in [9.17, 15) is 18.3 Å². The number of H-pyrrole nitrogens is 1. The molecule has 0 radical (unpaired) electrons. The fourth-order valence-corrected chi connectivity index (χ4v) is 3.92. The smallest absolute Gasteiger partial charge is 0.382 e. The molecule has 1 aliphatic heterocycles. The zero-order valence-electron chi connectivity index (χ0n) is 15.3. The van der Waals surface area contributed by atoms with Crippen molar-refractivity contribution in [3.8, 4) is 0 Å². The SMILES string of the molecule is O[C@@H](C[NH+]1CCN(c2cccc(C(F)(F)F)c2)CC1)c1c[nH]c2ccccc12. The molecule has 0 unspecified atom stereocenters. The maximum Gasteiger partial charge on any atom is 0.416 e. The van der Waals surface area contributed by atoms with Crippen molar-refractivity contribution in [1.82, 2.24) is 4.98 Å². The van der Waals surface area contributed by atoms with Crippen molar-refractivity contribution in [2.45, 2.75) is 12.3 Å². The first-order chi connectivity index (χ1) is 13.4. The van der Waals surface area contributed by atoms with Gasteiger partial charge in [0.05, 0.1) is 31.7 Å². The normalized spacial score (nSPS) is 17.2. The van der Waals surface area contributed by atoms with Crippen molar-refractivity contribution in [2.75, 3.05) is 37.6 Å². The molecule has 2 heterocycles. The number of nitrogens with zero attached hydrogens (tertiary/aromatic N) is 1. The first-order valence-electron chi connectivity index (χ1n) is 9.41. The molecule has 1 aliphatic rings. The minimum Gasteiger partial charge on any atom is -0.382 e. The van der Waals surface area contributed by atoms with Gasteiger partial charge in [0.15, 0.2) is 0 Å². The zero-order valence-corrected chi connectivity index (χ0v) is 15.3. The molecule has 0 spiro atoms. The quantitative estimate of drug-likeness (QED) is 0.641. The Hall–Kier alpha value is -2.51. The van der Waals surface area contributed by atoms with Crippen LogP contribution in [0.4, 0.5) is 18.9 Å². The second-order valence-electron chi connectivity index (χ2n) is 7.29. The molecule has 0 bridgehead atoms. The van der Waals surface area contributed by atoms with Crippen LogP contribution in [0.1, 0.15) is 17.2 Å². The molecular weight excluding hydrogens is 367 g/mol. The van der Waals surface area contributed by atoms with Crippen molar-refractivity contribution >= 4 is 16.6 Å². The third-order valence-corrected chi connectivity index (χ3v) is 5.47. The monoisotopic (exact) mass is 390 g/mol. The highest BCUT2D eigenvalue weighted by molar-refractivity contribution is 5.83. The first kappa shape index (κ1) is 18.8. The van der Waals surface area contributed by atoms with Crippen molar-refractivity contribution in [2.24, 2.45) is 0 Å². The zero-order chi connectivity index (χ0) is 19.7. The van der Waals surface area contributed by atoms with Gasteiger partial charge in [-0.3, -0.25) is 0 Å². The van der Waals surface area contributed by atoms with E-state index in [0.717, 1.165) is 35.6 Å². The van der Waals surface area contributed by atoms with Gasteiger partial charge in [0, 0.05) is 28.4 Å². The number of para-hydroxylation sites is 1. The molecule has 3 N–H and O–H groups in total. The Morgan fingerprint density at radius 3 is 2.57 bits per heavy atom. The number of benzene rings is 2. The molecular formula is C21H23F3N3O+. The Morgan fingerprint density at radius 1 is 1.07 bits per heavy atom. The van der Waals surface area contributed by atoms with Gasteiger partial charge in [0.25, 0.3) is 0 Å². The van der Waals surface area contributed by atoms with Crippen LogP contribution in [0, 0.1) is 0 Å². The Morgan fingerprint density at radius 2 is 1.82 bits per heavy atom. The predicted molar refractivity (Wildman–Crippen MR) is 102 cm³/mol. The minimum absolute atomic E-state index is 0.578. The van der Waals surface area contributed by atoms with Crippen LogP contribution in [0.3, 0.4) is 0 Å². The number of aliphatic hydroxyl groups is 1. The number of piperazine rings is 1. The van der Waals surface area contributed by atoms with E-state index in [4.69, 9.17) is 0 Å². The van der Waals surface area contributed by atoms with Crippen molar-refractivity contribution in [3.05, 3.63) is 65.9 Å². The average Bonchev–Trinajstić information content (AvgIpc) is 3.12. The number of alkyl halides is 3. The molecule has 0 saturated carbocycles. The van der Waals surface area contributed by atoms with Gasteiger partial charge in [-0.05, 0) is 24.3 Å². The molecule has 2 aromatic carbocycles. The number of fused-ring (bicyclic) bond motifs is 1. The summed E-state index contributed by atoms with van der Waals surface area (Å²) in [6.45, 7) is 3.46. The van der Waals surface area contributed by atoms with Crippen LogP contribution in [-0.4, -0.2) is 42.8 Å². The highest BCUT2D eigenvalue weighted by atomic mass is 19.4. The summed E-state index contributed by atoms with van der Waals surface area (Å²) in [5.74, 6) is 0. The molecule has 1 atom stereocenters. The summed E-state index contributed by atoms with van der Waals surface area (Å²) in [5.41, 5.74) is 1.88. The molecule has 1 aromatic heterocycles. The number of halogens is 3. The highest BCUT2D eigenvalue weighted by Gasteiger charge is 2.31. The van der Waals surface area contributed by atoms with Crippen LogP contribution in [0.25, 0.3) is 10.9 Å². The lowest BCUT2D eigenvalue weighted by Crippen LogP contribution is -3.15. The maximum atomic E-state index is 12.9. The summed E-state index contributed by atoms with van der Waals surface area (Å²) < 4.78 is 38.8. The van der Waals surface area contributed by atoms with Gasteiger partial charge >= 0.3 is 6.18 Å². The van der Waals surface area contributed by atoms with Crippen LogP contribution >= 0.6 is 0 Å². The fourth-order valence-electron chi connectivity index (χ4n) is 3.92. The number of anilines is 1. The molecule has 7 heteroatoms. The minimum atomic E-state index is -4.33. The van der Waals surface area contributed by atoms with Crippen molar-refractivity contribution in [1.29, 1.82) is 0 Å². The maximum absolute atomic E-state index is 12.9. The van der Waals surface area contributed by atoms with Gasteiger partial charge in [-0.2, -0.15) is 13.2 Å². The van der Waals surface area contributed by atoms with Gasteiger partial charge in [-0.15, -0.1) is 0 Å². The number of aromatic amines is 1. The van der Waals surface area contributed by atoms with Crippen LogP contribution in [0.15, 0.2) is 54.7 Å². The Bertz CT molecular complexity index is 945. The topological polar surface area (TPSA) is 43.7 Å². The fraction of sp³-hybridized carbons (Fsp3) is 0.333. The van der Waals surface area contributed by atoms with Crippen LogP contribution < -0.4 is 9.80 Å². The highest BCUT2D eigenvalue weighted by Crippen LogP contribution is 2.31. The second-order valence-corrected chi connectivity index (χ2v) is 7.29. The van der Waals surface area contributed by atoms with Gasteiger partial charge < -0.3 is 19.9 Å². The van der Waals surface area contributed by atoms with Crippen molar-refractivity contribution < 1.29 is 23.2 Å². The van der Waals surface area contributed by atoms with E-state index in [2.05, 4.69) is 4.98 Å². The third-order valence-electron chi connectivity index (χ3n) is 5.47. The molecule has 0 aliphatic carbocycles. The van der Waals surface area contributed by atoms with Crippen LogP contribution in [0.2, 0.25) is 0 Å². The number of nitrogens with one attached hydrogen (secondary N) is 2. The standard InChI is InChI=1S/C21H22F3N3O/c22-21(23,24)15-4-3-5-16(12-15)27-10-8-26(9-11-27)14-20(28)18-13-25-19-7-2-1-6-17(18)19/h1-7,12-13,20,25,28H,8-11,14H2/p+1/t20-/m0/s1. The van der Waals surface area contributed by atoms with Gasteiger partial charge in [-0.1, -0.05) is 24.3 Å². The predicted octanol–water partition coefficient (Wildman–Crippen LogP) is 2.63. The third kappa shape index (κ3) is 3.86. The van der Waals surface area contributed by atoms with Crippen LogP contribution in [0.5, 0.6) is 0 Å². The molecule has 28 heavy (non-hydrogen) atoms. The molecule has 3 aromatic rings. The number of quaternary nitrogens is 1. The lowest BCUT2D eigenvalue weighted by atomic mass is 10.1. The van der Waals surface area contributed by atoms with Crippen molar-refractivity contribution in [3.63, 3.8) is 0 Å². The summed E-state index contributed by atoms with van der Waals surface area (Å²) in [6, 6.07) is 13.4. The first-order valence-corrected chi connectivity index (χ1v) is 9.41. The average molecular weight is 390 g/mol. The van der Waals surface area contributed by atoms with E-state index in [0.29, 0.717) is 25.3 Å². The van der Waals surface area contributed by atoms with E-state index in [1.165, 1.54) is 17.0 Å². The van der Waals surface area contributed by atoms with E-state index < -0.39 is 17.8 Å². The van der Waals surface area contributed by atoms with E-state index in [-0.39, 0.29) is 0 Å². The molecule has 1 saturated heterocycles. The van der Waals surface area contributed by atoms with Gasteiger partial charge in [0.1, 0.15) is 12.6 Å². The lowest BCUT2D eigenvalue weighted by molar-refractivity contribution is -0.904. The van der Waals surface area contributed by atoms with E-state index >= 15 is 0 Å². The summed E-state index contributed by atoms with van der Waals surface area (Å²) in [5, 5.41) is 11.7.